The van der Waals surface area contributed by atoms with Crippen LogP contribution >= 0.6 is 0 Å². The van der Waals surface area contributed by atoms with E-state index in [1.54, 1.807) is 6.20 Å². The molecule has 6 heteroatoms. The van der Waals surface area contributed by atoms with Gasteiger partial charge in [0.05, 0.1) is 24.9 Å². The third kappa shape index (κ3) is 5.20. The lowest BCUT2D eigenvalue weighted by Crippen LogP contribution is -2.43. The van der Waals surface area contributed by atoms with Gasteiger partial charge in [-0.15, -0.1) is 0 Å². The summed E-state index contributed by atoms with van der Waals surface area (Å²) in [5.41, 5.74) is 3.76. The number of carbonyl (C=O) groups is 1. The normalized spacial score (nSPS) is 23.3. The lowest BCUT2D eigenvalue weighted by Gasteiger charge is -2.30. The van der Waals surface area contributed by atoms with E-state index in [0.29, 0.717) is 31.7 Å². The number of pyridine rings is 1. The molecule has 32 heavy (non-hydrogen) atoms. The molecule has 6 nitrogen and oxygen atoms in total. The van der Waals surface area contributed by atoms with E-state index >= 15 is 0 Å². The zero-order valence-corrected chi connectivity index (χ0v) is 18.7. The van der Waals surface area contributed by atoms with Gasteiger partial charge in [0.25, 0.3) is 0 Å². The Morgan fingerprint density at radius 3 is 2.47 bits per heavy atom. The van der Waals surface area contributed by atoms with Crippen LogP contribution in [0.5, 0.6) is 0 Å². The number of aromatic nitrogens is 1. The van der Waals surface area contributed by atoms with Crippen molar-refractivity contribution in [3.63, 3.8) is 0 Å². The number of amides is 1. The maximum absolute atomic E-state index is 13.3. The largest absolute Gasteiger partial charge is 0.381 e. The van der Waals surface area contributed by atoms with Crippen LogP contribution in [0.25, 0.3) is 0 Å². The zero-order chi connectivity index (χ0) is 21.8. The summed E-state index contributed by atoms with van der Waals surface area (Å²) in [4.78, 5) is 22.2. The predicted octanol–water partition coefficient (Wildman–Crippen LogP) is 2.71. The number of hydrogen-bond donors (Lipinski definition) is 0. The quantitative estimate of drug-likeness (QED) is 0.698. The zero-order valence-electron chi connectivity index (χ0n) is 18.7. The highest BCUT2D eigenvalue weighted by molar-refractivity contribution is 5.78. The number of rotatable bonds is 6. The molecule has 0 spiro atoms. The topological polar surface area (TPSA) is 54.9 Å². The van der Waals surface area contributed by atoms with Crippen molar-refractivity contribution in [3.05, 3.63) is 65.5 Å². The number of nitrogens with zero attached hydrogens (tertiary/aromatic N) is 3. The van der Waals surface area contributed by atoms with Crippen LogP contribution in [-0.4, -0.2) is 72.2 Å². The van der Waals surface area contributed by atoms with Crippen LogP contribution in [0.2, 0.25) is 0 Å². The molecule has 2 aromatic rings. The van der Waals surface area contributed by atoms with Gasteiger partial charge in [0.2, 0.25) is 5.91 Å². The molecule has 0 unspecified atom stereocenters. The van der Waals surface area contributed by atoms with E-state index in [1.807, 2.05) is 18.2 Å². The van der Waals surface area contributed by atoms with Gasteiger partial charge in [-0.05, 0) is 54.9 Å². The van der Waals surface area contributed by atoms with Crippen LogP contribution in [-0.2, 0) is 33.7 Å². The van der Waals surface area contributed by atoms with Gasteiger partial charge in [0, 0.05) is 45.1 Å². The highest BCUT2D eigenvalue weighted by Crippen LogP contribution is 2.27. The molecule has 1 amide bonds. The summed E-state index contributed by atoms with van der Waals surface area (Å²) in [6, 6.07) is 14.9. The van der Waals surface area contributed by atoms with E-state index in [2.05, 4.69) is 39.0 Å². The number of benzene rings is 1. The maximum Gasteiger partial charge on any atom is 0.236 e. The van der Waals surface area contributed by atoms with Crippen LogP contribution in [0.3, 0.4) is 0 Å². The molecule has 0 N–H and O–H groups in total. The second kappa shape index (κ2) is 10.1. The van der Waals surface area contributed by atoms with Crippen LogP contribution < -0.4 is 0 Å². The molecule has 0 saturated carbocycles. The van der Waals surface area contributed by atoms with Gasteiger partial charge >= 0.3 is 0 Å². The van der Waals surface area contributed by atoms with Gasteiger partial charge < -0.3 is 14.4 Å². The Labute approximate surface area is 190 Å². The van der Waals surface area contributed by atoms with Crippen molar-refractivity contribution in [1.82, 2.24) is 14.8 Å². The fraction of sp³-hybridized carbons (Fsp3) is 0.538. The molecule has 3 heterocycles. The summed E-state index contributed by atoms with van der Waals surface area (Å²) < 4.78 is 11.9. The minimum absolute atomic E-state index is 0.0213. The molecule has 1 aliphatic carbocycles. The summed E-state index contributed by atoms with van der Waals surface area (Å²) in [6.07, 6.45) is 5.86. The second-order valence-electron chi connectivity index (χ2n) is 9.37. The molecule has 1 atom stereocenters. The number of hydrogen-bond acceptors (Lipinski definition) is 5. The lowest BCUT2D eigenvalue weighted by molar-refractivity contribution is -0.133. The Morgan fingerprint density at radius 1 is 1.00 bits per heavy atom. The van der Waals surface area contributed by atoms with Gasteiger partial charge in [-0.3, -0.25) is 14.7 Å². The van der Waals surface area contributed by atoms with E-state index in [-0.39, 0.29) is 12.0 Å². The fourth-order valence-electron chi connectivity index (χ4n) is 5.29. The predicted molar refractivity (Wildman–Crippen MR) is 122 cm³/mol. The van der Waals surface area contributed by atoms with E-state index < -0.39 is 0 Å². The molecule has 1 aromatic carbocycles. The summed E-state index contributed by atoms with van der Waals surface area (Å²) in [5, 5.41) is 0. The van der Waals surface area contributed by atoms with Gasteiger partial charge in [-0.1, -0.05) is 30.3 Å². The summed E-state index contributed by atoms with van der Waals surface area (Å²) in [7, 11) is 0. The molecule has 2 fully saturated rings. The number of carbonyl (C=O) groups excluding carboxylic acids is 1. The summed E-state index contributed by atoms with van der Waals surface area (Å²) in [6.45, 7) is 4.80. The highest BCUT2D eigenvalue weighted by Gasteiger charge is 2.35. The average Bonchev–Trinajstić information content (AvgIpc) is 3.20. The Kier molecular flexibility index (Phi) is 6.81. The third-order valence-electron chi connectivity index (χ3n) is 7.11. The van der Waals surface area contributed by atoms with Gasteiger partial charge in [-0.25, -0.2) is 0 Å². The Hall–Kier alpha value is -2.28. The summed E-state index contributed by atoms with van der Waals surface area (Å²) in [5.74, 6) is 0.753. The van der Waals surface area contributed by atoms with Crippen molar-refractivity contribution in [2.75, 3.05) is 39.4 Å². The van der Waals surface area contributed by atoms with Crippen molar-refractivity contribution in [2.24, 2.45) is 5.92 Å². The first kappa shape index (κ1) is 21.6. The molecular weight excluding hydrogens is 402 g/mol. The number of ether oxygens (including phenoxy) is 2. The Morgan fingerprint density at radius 2 is 1.75 bits per heavy atom. The van der Waals surface area contributed by atoms with E-state index in [0.717, 1.165) is 57.7 Å². The summed E-state index contributed by atoms with van der Waals surface area (Å²) >= 11 is 0. The van der Waals surface area contributed by atoms with E-state index in [1.165, 1.54) is 11.1 Å². The first-order valence-corrected chi connectivity index (χ1v) is 11.9. The van der Waals surface area contributed by atoms with Crippen molar-refractivity contribution in [3.8, 4) is 0 Å². The van der Waals surface area contributed by atoms with Crippen molar-refractivity contribution >= 4 is 5.91 Å². The highest BCUT2D eigenvalue weighted by atomic mass is 16.5. The average molecular weight is 436 g/mol. The smallest absolute Gasteiger partial charge is 0.236 e. The molecule has 0 bridgehead atoms. The standard InChI is InChI=1S/C26H33N3O3/c30-26-18-28(24-13-21-5-1-2-6-22(21)14-24)16-25(32-19-23-7-3-4-10-27-23)17-29(26)15-20-8-11-31-12-9-20/h1-7,10,20,24-25H,8-9,11-19H2/t25-/m1/s1. The molecule has 1 aromatic heterocycles. The molecule has 3 aliphatic rings. The number of fused-ring (bicyclic) bond motifs is 1. The lowest BCUT2D eigenvalue weighted by atomic mass is 9.99. The van der Waals surface area contributed by atoms with Crippen LogP contribution in [0.1, 0.15) is 29.7 Å². The monoisotopic (exact) mass is 435 g/mol. The molecule has 2 saturated heterocycles. The second-order valence-corrected chi connectivity index (χ2v) is 9.37. The van der Waals surface area contributed by atoms with Gasteiger partial charge in [0.1, 0.15) is 0 Å². The SMILES string of the molecule is O=C1CN(C2Cc3ccccc3C2)C[C@@H](OCc2ccccn2)CN1CC1CCOCC1. The van der Waals surface area contributed by atoms with Crippen molar-refractivity contribution in [2.45, 2.75) is 44.4 Å². The fourth-order valence-corrected chi connectivity index (χ4v) is 5.29. The van der Waals surface area contributed by atoms with Gasteiger partial charge in [0.15, 0.2) is 0 Å². The maximum atomic E-state index is 13.3. The minimum Gasteiger partial charge on any atom is -0.381 e. The molecule has 5 rings (SSSR count). The molecule has 170 valence electrons. The minimum atomic E-state index is -0.0213. The van der Waals surface area contributed by atoms with Crippen LogP contribution in [0, 0.1) is 5.92 Å². The van der Waals surface area contributed by atoms with Crippen LogP contribution in [0.4, 0.5) is 0 Å². The first-order valence-electron chi connectivity index (χ1n) is 11.9. The van der Waals surface area contributed by atoms with Crippen molar-refractivity contribution in [1.29, 1.82) is 0 Å². The third-order valence-corrected chi connectivity index (χ3v) is 7.11. The first-order chi connectivity index (χ1) is 15.7. The molecule has 0 radical (unpaired) electrons. The van der Waals surface area contributed by atoms with Crippen molar-refractivity contribution < 1.29 is 14.3 Å². The Bertz CT molecular complexity index is 875. The van der Waals surface area contributed by atoms with Gasteiger partial charge in [-0.2, -0.15) is 0 Å². The van der Waals surface area contributed by atoms with Crippen LogP contribution in [0.15, 0.2) is 48.7 Å². The van der Waals surface area contributed by atoms with E-state index in [4.69, 9.17) is 9.47 Å². The molecule has 2 aliphatic heterocycles. The Balaban J connectivity index is 1.29. The molecular formula is C26H33N3O3. The van der Waals surface area contributed by atoms with E-state index in [9.17, 15) is 4.79 Å².